The molecule has 0 saturated heterocycles. The zero-order valence-electron chi connectivity index (χ0n) is 13.9. The Morgan fingerprint density at radius 3 is 2.78 bits per heavy atom. The molecule has 3 rings (SSSR count). The van der Waals surface area contributed by atoms with Crippen molar-refractivity contribution in [1.29, 1.82) is 0 Å². The van der Waals surface area contributed by atoms with Crippen LogP contribution in [0.25, 0.3) is 21.5 Å². The molecule has 0 amide bonds. The molecule has 0 spiro atoms. The minimum Gasteiger partial charge on any atom is -0.399 e. The molecule has 2 aromatic heterocycles. The fraction of sp³-hybridized carbons (Fsp3) is 0.353. The van der Waals surface area contributed by atoms with Crippen molar-refractivity contribution < 1.29 is 4.74 Å². The molecule has 0 aliphatic heterocycles. The molecular weight excluding hydrogens is 322 g/mol. The molecule has 0 aliphatic carbocycles. The molecule has 4 nitrogen and oxygen atoms in total. The number of nitrogens with zero attached hydrogens (tertiary/aromatic N) is 2. The van der Waals surface area contributed by atoms with E-state index in [4.69, 9.17) is 15.6 Å². The second-order valence-electron chi connectivity index (χ2n) is 6.95. The smallest absolute Gasteiger partial charge is 0.140 e. The minimum atomic E-state index is -1.06. The summed E-state index contributed by atoms with van der Waals surface area (Å²) in [5.41, 5.74) is 8.77. The monoisotopic (exact) mass is 345 g/mol. The zero-order chi connectivity index (χ0) is 16.4. The van der Waals surface area contributed by atoms with Crippen molar-refractivity contribution in [2.45, 2.75) is 32.4 Å². The van der Waals surface area contributed by atoms with E-state index in [2.05, 4.69) is 31.1 Å². The molecule has 2 N–H and O–H groups in total. The first-order valence-electron chi connectivity index (χ1n) is 7.82. The van der Waals surface area contributed by atoms with Crippen LogP contribution in [0.4, 0.5) is 5.69 Å². The molecule has 3 aromatic rings. The second-order valence-corrected chi connectivity index (χ2v) is 13.5. The fourth-order valence-corrected chi connectivity index (χ4v) is 3.90. The Labute approximate surface area is 141 Å². The summed E-state index contributed by atoms with van der Waals surface area (Å²) in [4.78, 5) is 1.15. The number of rotatable bonds is 6. The van der Waals surface area contributed by atoms with Gasteiger partial charge in [0.2, 0.25) is 0 Å². The number of ether oxygens (including phenoxy) is 1. The fourth-order valence-electron chi connectivity index (χ4n) is 2.42. The predicted octanol–water partition coefficient (Wildman–Crippen LogP) is 4.66. The number of nitrogens with two attached hydrogens (primary N) is 1. The summed E-state index contributed by atoms with van der Waals surface area (Å²) in [6.07, 6.45) is 0. The third-order valence-corrected chi connectivity index (χ3v) is 6.32. The summed E-state index contributed by atoms with van der Waals surface area (Å²) in [6, 6.07) is 11.2. The molecule has 0 bridgehead atoms. The first-order chi connectivity index (χ1) is 10.9. The predicted molar refractivity (Wildman–Crippen MR) is 102 cm³/mol. The van der Waals surface area contributed by atoms with Crippen molar-refractivity contribution in [2.75, 3.05) is 12.3 Å². The molecule has 122 valence electrons. The number of anilines is 1. The lowest BCUT2D eigenvalue weighted by Crippen LogP contribution is -2.22. The minimum absolute atomic E-state index is 0.482. The third-order valence-electron chi connectivity index (χ3n) is 3.74. The lowest BCUT2D eigenvalue weighted by molar-refractivity contribution is 0.0819. The summed E-state index contributed by atoms with van der Waals surface area (Å²) < 4.78 is 7.81. The van der Waals surface area contributed by atoms with Crippen molar-refractivity contribution in [3.8, 4) is 10.6 Å². The number of nitrogen functional groups attached to an aromatic ring is 1. The maximum atomic E-state index is 5.96. The van der Waals surface area contributed by atoms with E-state index < -0.39 is 8.07 Å². The maximum Gasteiger partial charge on any atom is 0.140 e. The maximum absolute atomic E-state index is 5.96. The van der Waals surface area contributed by atoms with Crippen LogP contribution in [0.2, 0.25) is 25.7 Å². The summed E-state index contributed by atoms with van der Waals surface area (Å²) in [6.45, 7) is 8.35. The molecule has 1 aromatic carbocycles. The third kappa shape index (κ3) is 3.83. The molecule has 0 saturated carbocycles. The average molecular weight is 346 g/mol. The highest BCUT2D eigenvalue weighted by Crippen LogP contribution is 2.32. The molecule has 0 unspecified atom stereocenters. The summed E-state index contributed by atoms with van der Waals surface area (Å²) in [5, 5.41) is 7.92. The van der Waals surface area contributed by atoms with E-state index in [0.29, 0.717) is 6.73 Å². The lowest BCUT2D eigenvalue weighted by Gasteiger charge is -2.15. The van der Waals surface area contributed by atoms with E-state index in [1.165, 1.54) is 0 Å². The van der Waals surface area contributed by atoms with Gasteiger partial charge in [-0.2, -0.15) is 5.10 Å². The van der Waals surface area contributed by atoms with Gasteiger partial charge < -0.3 is 10.5 Å². The van der Waals surface area contributed by atoms with Crippen LogP contribution in [0.5, 0.6) is 0 Å². The van der Waals surface area contributed by atoms with Crippen LogP contribution in [0.3, 0.4) is 0 Å². The number of hydrogen-bond donors (Lipinski definition) is 1. The highest BCUT2D eigenvalue weighted by atomic mass is 32.1. The van der Waals surface area contributed by atoms with E-state index in [1.54, 1.807) is 11.3 Å². The number of fused-ring (bicyclic) bond motifs is 1. The Hall–Kier alpha value is -1.63. The quantitative estimate of drug-likeness (QED) is 0.401. The van der Waals surface area contributed by atoms with Crippen molar-refractivity contribution in [3.05, 3.63) is 35.7 Å². The van der Waals surface area contributed by atoms with Gasteiger partial charge in [-0.15, -0.1) is 11.3 Å². The summed E-state index contributed by atoms with van der Waals surface area (Å²) in [5.74, 6) is 0. The normalized spacial score (nSPS) is 12.1. The van der Waals surface area contributed by atoms with E-state index in [0.717, 1.165) is 39.8 Å². The Bertz CT molecular complexity index is 790. The van der Waals surface area contributed by atoms with Gasteiger partial charge >= 0.3 is 0 Å². The highest BCUT2D eigenvalue weighted by Gasteiger charge is 2.15. The Balaban J connectivity index is 1.86. The van der Waals surface area contributed by atoms with Crippen molar-refractivity contribution in [3.63, 3.8) is 0 Å². The van der Waals surface area contributed by atoms with Crippen molar-refractivity contribution in [1.82, 2.24) is 9.78 Å². The largest absolute Gasteiger partial charge is 0.399 e. The van der Waals surface area contributed by atoms with Gasteiger partial charge in [0, 0.05) is 25.8 Å². The molecular formula is C17H23N3OSSi. The van der Waals surface area contributed by atoms with Crippen molar-refractivity contribution in [2.24, 2.45) is 0 Å². The summed E-state index contributed by atoms with van der Waals surface area (Å²) >= 11 is 1.69. The number of hydrogen-bond acceptors (Lipinski definition) is 4. The molecule has 0 aliphatic rings. The standard InChI is InChI=1S/C17H23N3OSSi/c1-23(2,3)10-8-21-12-20-15-7-6-13(18)11-14(15)17(19-20)16-5-4-9-22-16/h4-7,9,11H,8,10,12,18H2,1-3H3. The SMILES string of the molecule is C[Si](C)(C)CCOCn1nc(-c2cccs2)c2cc(N)ccc21. The molecule has 0 fully saturated rings. The first-order valence-corrected chi connectivity index (χ1v) is 12.4. The van der Waals surface area contributed by atoms with Gasteiger partial charge in [-0.05, 0) is 35.7 Å². The average Bonchev–Trinajstić information content (AvgIpc) is 3.09. The van der Waals surface area contributed by atoms with E-state index in [1.807, 2.05) is 28.9 Å². The summed E-state index contributed by atoms with van der Waals surface area (Å²) in [7, 11) is -1.06. The first kappa shape index (κ1) is 16.2. The van der Waals surface area contributed by atoms with E-state index in [9.17, 15) is 0 Å². The van der Waals surface area contributed by atoms with Gasteiger partial charge in [0.1, 0.15) is 12.4 Å². The molecule has 0 atom stereocenters. The van der Waals surface area contributed by atoms with Crippen LogP contribution in [-0.4, -0.2) is 24.5 Å². The van der Waals surface area contributed by atoms with Gasteiger partial charge in [-0.3, -0.25) is 0 Å². The Kier molecular flexibility index (Phi) is 4.56. The van der Waals surface area contributed by atoms with Crippen LogP contribution in [0.15, 0.2) is 35.7 Å². The topological polar surface area (TPSA) is 53.1 Å². The highest BCUT2D eigenvalue weighted by molar-refractivity contribution is 7.13. The Morgan fingerprint density at radius 1 is 1.26 bits per heavy atom. The van der Waals surface area contributed by atoms with Gasteiger partial charge in [-0.25, -0.2) is 4.68 Å². The van der Waals surface area contributed by atoms with E-state index >= 15 is 0 Å². The number of aromatic nitrogens is 2. The van der Waals surface area contributed by atoms with Gasteiger partial charge in [0.15, 0.2) is 0 Å². The van der Waals surface area contributed by atoms with Gasteiger partial charge in [-0.1, -0.05) is 25.7 Å². The van der Waals surface area contributed by atoms with Gasteiger partial charge in [0.05, 0.1) is 10.4 Å². The second kappa shape index (κ2) is 6.47. The van der Waals surface area contributed by atoms with Gasteiger partial charge in [0.25, 0.3) is 0 Å². The van der Waals surface area contributed by atoms with Crippen LogP contribution < -0.4 is 5.73 Å². The van der Waals surface area contributed by atoms with E-state index in [-0.39, 0.29) is 0 Å². The number of thiophene rings is 1. The van der Waals surface area contributed by atoms with Crippen LogP contribution in [0.1, 0.15) is 0 Å². The molecule has 0 radical (unpaired) electrons. The molecule has 2 heterocycles. The molecule has 23 heavy (non-hydrogen) atoms. The molecule has 6 heteroatoms. The Morgan fingerprint density at radius 2 is 2.09 bits per heavy atom. The lowest BCUT2D eigenvalue weighted by atomic mass is 10.1. The van der Waals surface area contributed by atoms with Crippen LogP contribution >= 0.6 is 11.3 Å². The van der Waals surface area contributed by atoms with Crippen LogP contribution in [0, 0.1) is 0 Å². The van der Waals surface area contributed by atoms with Crippen molar-refractivity contribution >= 4 is 36.0 Å². The zero-order valence-corrected chi connectivity index (χ0v) is 15.7. The van der Waals surface area contributed by atoms with Crippen LogP contribution in [-0.2, 0) is 11.5 Å². The number of benzene rings is 1.